The fraction of sp³-hybridized carbons (Fsp3) is 0.538. The predicted octanol–water partition coefficient (Wildman–Crippen LogP) is 2.18. The molecular formula is C13H17NO. The molecule has 0 amide bonds. The van der Waals surface area contributed by atoms with Crippen molar-refractivity contribution >= 4 is 0 Å². The second kappa shape index (κ2) is 3.95. The zero-order valence-corrected chi connectivity index (χ0v) is 8.98. The Morgan fingerprint density at radius 1 is 1.20 bits per heavy atom. The highest BCUT2D eigenvalue weighted by molar-refractivity contribution is 5.30. The van der Waals surface area contributed by atoms with Crippen molar-refractivity contribution < 1.29 is 4.74 Å². The van der Waals surface area contributed by atoms with Crippen LogP contribution in [0.4, 0.5) is 0 Å². The minimum atomic E-state index is 0.485. The van der Waals surface area contributed by atoms with E-state index in [1.54, 1.807) is 0 Å². The Bertz CT molecular complexity index is 319. The number of nitrogens with zero attached hydrogens (tertiary/aromatic N) is 1. The van der Waals surface area contributed by atoms with Crippen molar-refractivity contribution in [3.8, 4) is 0 Å². The largest absolute Gasteiger partial charge is 0.377 e. The van der Waals surface area contributed by atoms with E-state index in [1.165, 1.54) is 24.0 Å². The van der Waals surface area contributed by atoms with Crippen LogP contribution in [0, 0.1) is 0 Å². The monoisotopic (exact) mass is 203 g/mol. The number of rotatable bonds is 2. The molecule has 0 radical (unpaired) electrons. The molecule has 1 unspecified atom stereocenters. The molecule has 15 heavy (non-hydrogen) atoms. The van der Waals surface area contributed by atoms with Crippen molar-refractivity contribution in [2.24, 2.45) is 0 Å². The molecule has 80 valence electrons. The van der Waals surface area contributed by atoms with Crippen LogP contribution in [0.2, 0.25) is 0 Å². The first-order valence-electron chi connectivity index (χ1n) is 5.82. The van der Waals surface area contributed by atoms with E-state index in [1.807, 2.05) is 0 Å². The maximum absolute atomic E-state index is 5.67. The molecule has 0 spiro atoms. The van der Waals surface area contributed by atoms with Crippen LogP contribution >= 0.6 is 0 Å². The van der Waals surface area contributed by atoms with Crippen LogP contribution in [0.3, 0.4) is 0 Å². The third-order valence-corrected chi connectivity index (χ3v) is 3.39. The maximum Gasteiger partial charge on any atom is 0.0703 e. The molecule has 2 aliphatic rings. The summed E-state index contributed by atoms with van der Waals surface area (Å²) < 4.78 is 5.67. The van der Waals surface area contributed by atoms with Gasteiger partial charge >= 0.3 is 0 Å². The van der Waals surface area contributed by atoms with Gasteiger partial charge in [0.1, 0.15) is 0 Å². The number of fused-ring (bicyclic) bond motifs is 1. The molecule has 1 aromatic carbocycles. The minimum Gasteiger partial charge on any atom is -0.377 e. The Kier molecular flexibility index (Phi) is 2.47. The normalized spacial score (nSPS) is 25.7. The number of hydrogen-bond acceptors (Lipinski definition) is 2. The van der Waals surface area contributed by atoms with Crippen molar-refractivity contribution in [3.05, 3.63) is 35.4 Å². The predicted molar refractivity (Wildman–Crippen MR) is 59.5 cm³/mol. The molecule has 1 aromatic rings. The van der Waals surface area contributed by atoms with Gasteiger partial charge < -0.3 is 4.74 Å². The second-order valence-electron chi connectivity index (χ2n) is 4.57. The Morgan fingerprint density at radius 3 is 2.53 bits per heavy atom. The first kappa shape index (κ1) is 9.37. The lowest BCUT2D eigenvalue weighted by Gasteiger charge is -2.18. The van der Waals surface area contributed by atoms with E-state index in [-0.39, 0.29) is 0 Å². The van der Waals surface area contributed by atoms with Gasteiger partial charge in [-0.2, -0.15) is 0 Å². The SMILES string of the molecule is c1ccc2c(c1)CN(CC1CCCO1)C2. The maximum atomic E-state index is 5.67. The molecule has 2 aliphatic heterocycles. The van der Waals surface area contributed by atoms with Crippen molar-refractivity contribution in [3.63, 3.8) is 0 Å². The quantitative estimate of drug-likeness (QED) is 0.730. The number of ether oxygens (including phenoxy) is 1. The van der Waals surface area contributed by atoms with E-state index >= 15 is 0 Å². The number of benzene rings is 1. The summed E-state index contributed by atoms with van der Waals surface area (Å²) in [6, 6.07) is 8.75. The van der Waals surface area contributed by atoms with Crippen molar-refractivity contribution in [2.75, 3.05) is 13.2 Å². The van der Waals surface area contributed by atoms with Crippen LogP contribution < -0.4 is 0 Å². The van der Waals surface area contributed by atoms with Gasteiger partial charge in [-0.25, -0.2) is 0 Å². The summed E-state index contributed by atoms with van der Waals surface area (Å²) in [5.41, 5.74) is 2.99. The first-order valence-corrected chi connectivity index (χ1v) is 5.82. The van der Waals surface area contributed by atoms with E-state index in [0.717, 1.165) is 26.2 Å². The fourth-order valence-corrected chi connectivity index (χ4v) is 2.61. The zero-order valence-electron chi connectivity index (χ0n) is 8.98. The highest BCUT2D eigenvalue weighted by atomic mass is 16.5. The minimum absolute atomic E-state index is 0.485. The van der Waals surface area contributed by atoms with Crippen LogP contribution in [0.1, 0.15) is 24.0 Å². The Morgan fingerprint density at radius 2 is 1.93 bits per heavy atom. The summed E-state index contributed by atoms with van der Waals surface area (Å²) in [4.78, 5) is 2.50. The van der Waals surface area contributed by atoms with E-state index in [0.29, 0.717) is 6.10 Å². The van der Waals surface area contributed by atoms with E-state index in [2.05, 4.69) is 29.2 Å². The summed E-state index contributed by atoms with van der Waals surface area (Å²) in [6.07, 6.45) is 2.97. The average Bonchev–Trinajstić information content (AvgIpc) is 2.86. The van der Waals surface area contributed by atoms with Gasteiger partial charge in [-0.05, 0) is 24.0 Å². The second-order valence-corrected chi connectivity index (χ2v) is 4.57. The number of hydrogen-bond donors (Lipinski definition) is 0. The van der Waals surface area contributed by atoms with Crippen LogP contribution in [0.25, 0.3) is 0 Å². The molecule has 3 rings (SSSR count). The molecule has 0 N–H and O–H groups in total. The Balaban J connectivity index is 1.63. The van der Waals surface area contributed by atoms with Crippen molar-refractivity contribution in [1.82, 2.24) is 4.90 Å². The van der Waals surface area contributed by atoms with Gasteiger partial charge in [0.25, 0.3) is 0 Å². The lowest BCUT2D eigenvalue weighted by Crippen LogP contribution is -2.27. The van der Waals surface area contributed by atoms with Gasteiger partial charge in [-0.1, -0.05) is 24.3 Å². The molecule has 0 aromatic heterocycles. The topological polar surface area (TPSA) is 12.5 Å². The van der Waals surface area contributed by atoms with Crippen LogP contribution in [0.5, 0.6) is 0 Å². The summed E-state index contributed by atoms with van der Waals surface area (Å²) in [6.45, 7) is 4.28. The van der Waals surface area contributed by atoms with Gasteiger partial charge in [0.2, 0.25) is 0 Å². The summed E-state index contributed by atoms with van der Waals surface area (Å²) in [7, 11) is 0. The summed E-state index contributed by atoms with van der Waals surface area (Å²) >= 11 is 0. The van der Waals surface area contributed by atoms with Crippen molar-refractivity contribution in [1.29, 1.82) is 0 Å². The molecule has 1 saturated heterocycles. The molecule has 1 fully saturated rings. The molecule has 2 nitrogen and oxygen atoms in total. The first-order chi connectivity index (χ1) is 7.42. The third-order valence-electron chi connectivity index (χ3n) is 3.39. The highest BCUT2D eigenvalue weighted by Gasteiger charge is 2.23. The lowest BCUT2D eigenvalue weighted by molar-refractivity contribution is 0.0723. The van der Waals surface area contributed by atoms with Crippen LogP contribution in [0.15, 0.2) is 24.3 Å². The standard InChI is InChI=1S/C13H17NO/c1-2-5-12-9-14(8-11(12)4-1)10-13-6-3-7-15-13/h1-2,4-5,13H,3,6-10H2. The molecule has 2 heterocycles. The average molecular weight is 203 g/mol. The van der Waals surface area contributed by atoms with Gasteiger partial charge in [0.05, 0.1) is 6.10 Å². The van der Waals surface area contributed by atoms with Gasteiger partial charge in [-0.3, -0.25) is 4.90 Å². The van der Waals surface area contributed by atoms with Gasteiger partial charge in [-0.15, -0.1) is 0 Å². The molecule has 0 saturated carbocycles. The van der Waals surface area contributed by atoms with Gasteiger partial charge in [0, 0.05) is 26.2 Å². The van der Waals surface area contributed by atoms with Gasteiger partial charge in [0.15, 0.2) is 0 Å². The third kappa shape index (κ3) is 1.92. The summed E-state index contributed by atoms with van der Waals surface area (Å²) in [5.74, 6) is 0. The van der Waals surface area contributed by atoms with E-state index in [4.69, 9.17) is 4.74 Å². The van der Waals surface area contributed by atoms with Crippen molar-refractivity contribution in [2.45, 2.75) is 32.0 Å². The molecule has 0 aliphatic carbocycles. The fourth-order valence-electron chi connectivity index (χ4n) is 2.61. The highest BCUT2D eigenvalue weighted by Crippen LogP contribution is 2.24. The van der Waals surface area contributed by atoms with E-state index in [9.17, 15) is 0 Å². The van der Waals surface area contributed by atoms with Crippen LogP contribution in [-0.2, 0) is 17.8 Å². The zero-order chi connectivity index (χ0) is 10.1. The van der Waals surface area contributed by atoms with Crippen LogP contribution in [-0.4, -0.2) is 24.2 Å². The Hall–Kier alpha value is -0.860. The Labute approximate surface area is 90.8 Å². The lowest BCUT2D eigenvalue weighted by atomic mass is 10.1. The molecule has 1 atom stereocenters. The molecule has 0 bridgehead atoms. The van der Waals surface area contributed by atoms with E-state index < -0.39 is 0 Å². The summed E-state index contributed by atoms with van der Waals surface area (Å²) in [5, 5.41) is 0. The molecular weight excluding hydrogens is 186 g/mol. The molecule has 2 heteroatoms. The smallest absolute Gasteiger partial charge is 0.0703 e.